The van der Waals surface area contributed by atoms with Gasteiger partial charge in [-0.15, -0.1) is 0 Å². The Balaban J connectivity index is 1.38. The highest BCUT2D eigenvalue weighted by Crippen LogP contribution is 2.49. The first kappa shape index (κ1) is 22.5. The van der Waals surface area contributed by atoms with Gasteiger partial charge in [-0.25, -0.2) is 4.79 Å². The molecule has 6 nitrogen and oxygen atoms in total. The smallest absolute Gasteiger partial charge is 0.315 e. The second-order valence-corrected chi connectivity index (χ2v) is 9.08. The number of likely N-dealkylation sites (tertiary alicyclic amines) is 1. The number of hydrogen-bond acceptors (Lipinski definition) is 4. The van der Waals surface area contributed by atoms with Gasteiger partial charge in [0.1, 0.15) is 0 Å². The summed E-state index contributed by atoms with van der Waals surface area (Å²) >= 11 is 0. The number of fused-ring (bicyclic) bond motifs is 1. The average Bonchev–Trinajstić information content (AvgIpc) is 3.16. The molecule has 2 aromatic carbocycles. The number of methoxy groups -OCH3 is 2. The van der Waals surface area contributed by atoms with Crippen LogP contribution in [0.3, 0.4) is 0 Å². The lowest BCUT2D eigenvalue weighted by Crippen LogP contribution is -2.53. The van der Waals surface area contributed by atoms with Gasteiger partial charge >= 0.3 is 6.03 Å². The number of nitrogens with zero attached hydrogens (tertiary/aromatic N) is 1. The zero-order valence-electron chi connectivity index (χ0n) is 19.4. The minimum absolute atomic E-state index is 0.0646. The zero-order chi connectivity index (χ0) is 22.6. The maximum absolute atomic E-state index is 12.5. The summed E-state index contributed by atoms with van der Waals surface area (Å²) in [6.45, 7) is 1.70. The van der Waals surface area contributed by atoms with Gasteiger partial charge in [-0.1, -0.05) is 36.4 Å². The Morgan fingerprint density at radius 3 is 2.62 bits per heavy atom. The summed E-state index contributed by atoms with van der Waals surface area (Å²) in [4.78, 5) is 15.0. The van der Waals surface area contributed by atoms with E-state index in [0.717, 1.165) is 50.1 Å². The van der Waals surface area contributed by atoms with Crippen molar-refractivity contribution in [3.8, 4) is 11.5 Å². The predicted molar refractivity (Wildman–Crippen MR) is 127 cm³/mol. The van der Waals surface area contributed by atoms with Gasteiger partial charge in [0.25, 0.3) is 0 Å². The number of carbonyl (C=O) groups is 1. The molecule has 1 heterocycles. The van der Waals surface area contributed by atoms with Crippen LogP contribution in [0.15, 0.2) is 48.5 Å². The van der Waals surface area contributed by atoms with Gasteiger partial charge in [-0.05, 0) is 69.0 Å². The van der Waals surface area contributed by atoms with E-state index in [1.807, 2.05) is 24.3 Å². The minimum Gasteiger partial charge on any atom is -0.493 e. The first-order valence-corrected chi connectivity index (χ1v) is 11.6. The molecule has 4 rings (SSSR count). The van der Waals surface area contributed by atoms with Crippen molar-refractivity contribution in [2.75, 3.05) is 34.4 Å². The fraction of sp³-hybridized carbons (Fsp3) is 0.500. The third-order valence-corrected chi connectivity index (χ3v) is 7.36. The van der Waals surface area contributed by atoms with Crippen LogP contribution >= 0.6 is 0 Å². The highest BCUT2D eigenvalue weighted by atomic mass is 16.5. The number of carbonyl (C=O) groups excluding carboxylic acids is 1. The molecule has 1 aliphatic heterocycles. The van der Waals surface area contributed by atoms with Crippen molar-refractivity contribution in [1.29, 1.82) is 0 Å². The zero-order valence-corrected chi connectivity index (χ0v) is 19.4. The Labute approximate surface area is 191 Å². The van der Waals surface area contributed by atoms with E-state index < -0.39 is 0 Å². The van der Waals surface area contributed by atoms with Crippen LogP contribution in [-0.2, 0) is 11.8 Å². The van der Waals surface area contributed by atoms with Crippen molar-refractivity contribution in [1.82, 2.24) is 15.5 Å². The van der Waals surface area contributed by atoms with Gasteiger partial charge in [0.15, 0.2) is 11.5 Å². The van der Waals surface area contributed by atoms with Crippen LogP contribution in [0.1, 0.15) is 36.8 Å². The Morgan fingerprint density at radius 2 is 1.88 bits per heavy atom. The van der Waals surface area contributed by atoms with Gasteiger partial charge in [-0.2, -0.15) is 0 Å². The average molecular weight is 438 g/mol. The fourth-order valence-electron chi connectivity index (χ4n) is 5.60. The number of amides is 2. The first-order chi connectivity index (χ1) is 15.6. The normalized spacial score (nSPS) is 25.1. The van der Waals surface area contributed by atoms with E-state index >= 15 is 0 Å². The van der Waals surface area contributed by atoms with Crippen molar-refractivity contribution >= 4 is 6.03 Å². The van der Waals surface area contributed by atoms with Gasteiger partial charge < -0.3 is 25.0 Å². The van der Waals surface area contributed by atoms with E-state index in [1.54, 1.807) is 14.2 Å². The van der Waals surface area contributed by atoms with E-state index in [1.165, 1.54) is 11.1 Å². The number of ether oxygens (including phenoxy) is 2. The van der Waals surface area contributed by atoms with Crippen molar-refractivity contribution in [3.05, 3.63) is 59.7 Å². The van der Waals surface area contributed by atoms with Crippen LogP contribution in [0.2, 0.25) is 0 Å². The molecule has 3 unspecified atom stereocenters. The molecule has 0 bridgehead atoms. The molecular formula is C26H35N3O3. The number of rotatable bonds is 7. The number of hydrogen-bond donors (Lipinski definition) is 2. The van der Waals surface area contributed by atoms with E-state index in [2.05, 4.69) is 46.8 Å². The third kappa shape index (κ3) is 4.56. The summed E-state index contributed by atoms with van der Waals surface area (Å²) in [5.41, 5.74) is 2.64. The van der Waals surface area contributed by atoms with Crippen molar-refractivity contribution in [3.63, 3.8) is 0 Å². The molecule has 1 aliphatic carbocycles. The molecule has 3 atom stereocenters. The Morgan fingerprint density at radius 1 is 1.09 bits per heavy atom. The second kappa shape index (κ2) is 9.82. The van der Waals surface area contributed by atoms with E-state index in [0.29, 0.717) is 12.6 Å². The maximum atomic E-state index is 12.5. The molecule has 2 aliphatic rings. The summed E-state index contributed by atoms with van der Waals surface area (Å²) < 4.78 is 11.0. The van der Waals surface area contributed by atoms with Crippen LogP contribution in [0, 0.1) is 0 Å². The van der Waals surface area contributed by atoms with E-state index in [4.69, 9.17) is 9.47 Å². The van der Waals surface area contributed by atoms with Crippen LogP contribution in [0.4, 0.5) is 4.79 Å². The van der Waals surface area contributed by atoms with Gasteiger partial charge in [-0.3, -0.25) is 0 Å². The predicted octanol–water partition coefficient (Wildman–Crippen LogP) is 3.74. The van der Waals surface area contributed by atoms with Crippen LogP contribution < -0.4 is 20.1 Å². The summed E-state index contributed by atoms with van der Waals surface area (Å²) in [7, 11) is 5.56. The summed E-state index contributed by atoms with van der Waals surface area (Å²) in [5.74, 6) is 1.55. The van der Waals surface area contributed by atoms with Crippen molar-refractivity contribution in [2.45, 2.75) is 49.6 Å². The molecule has 172 valence electrons. The lowest BCUT2D eigenvalue weighted by molar-refractivity contribution is 0.154. The maximum Gasteiger partial charge on any atom is 0.315 e. The monoisotopic (exact) mass is 437 g/mol. The summed E-state index contributed by atoms with van der Waals surface area (Å²) in [6, 6.07) is 17.1. The first-order valence-electron chi connectivity index (χ1n) is 11.6. The minimum atomic E-state index is -0.0646. The van der Waals surface area contributed by atoms with E-state index in [-0.39, 0.29) is 17.5 Å². The van der Waals surface area contributed by atoms with Crippen LogP contribution in [-0.4, -0.2) is 57.4 Å². The molecule has 32 heavy (non-hydrogen) atoms. The lowest BCUT2D eigenvalue weighted by atomic mass is 9.65. The van der Waals surface area contributed by atoms with Crippen molar-refractivity contribution in [2.24, 2.45) is 0 Å². The third-order valence-electron chi connectivity index (χ3n) is 7.36. The number of benzene rings is 2. The molecule has 1 saturated heterocycles. The summed E-state index contributed by atoms with van der Waals surface area (Å²) in [6.07, 6.45) is 4.94. The quantitative estimate of drug-likeness (QED) is 0.693. The standard InChI is InChI=1S/C26H35N3O3/c1-29-16-14-26(20-9-10-22(31-2)23(17-20)32-3)13-11-21(18-24(26)29)28-25(30)27-15-12-19-7-5-4-6-8-19/h4-10,17,21,24H,11-16,18H2,1-3H3,(H2,27,28,30). The Hall–Kier alpha value is -2.73. The SMILES string of the molecule is COc1ccc(C23CCC(NC(=O)NCCc4ccccc4)CC2N(C)CC3)cc1OC. The topological polar surface area (TPSA) is 62.8 Å². The molecule has 0 radical (unpaired) electrons. The van der Waals surface area contributed by atoms with Gasteiger partial charge in [0, 0.05) is 24.0 Å². The Kier molecular flexibility index (Phi) is 6.89. The highest BCUT2D eigenvalue weighted by Gasteiger charge is 2.50. The van der Waals surface area contributed by atoms with Gasteiger partial charge in [0.05, 0.1) is 14.2 Å². The largest absolute Gasteiger partial charge is 0.493 e. The molecular weight excluding hydrogens is 402 g/mol. The molecule has 6 heteroatoms. The molecule has 0 aromatic heterocycles. The molecule has 0 spiro atoms. The molecule has 2 fully saturated rings. The molecule has 2 amide bonds. The molecule has 2 N–H and O–H groups in total. The molecule has 2 aromatic rings. The fourth-order valence-corrected chi connectivity index (χ4v) is 5.60. The van der Waals surface area contributed by atoms with E-state index in [9.17, 15) is 4.79 Å². The van der Waals surface area contributed by atoms with Crippen molar-refractivity contribution < 1.29 is 14.3 Å². The Bertz CT molecular complexity index is 920. The molecule has 1 saturated carbocycles. The summed E-state index contributed by atoms with van der Waals surface area (Å²) in [5, 5.41) is 6.25. The second-order valence-electron chi connectivity index (χ2n) is 9.08. The number of urea groups is 1. The lowest BCUT2D eigenvalue weighted by Gasteiger charge is -2.45. The number of nitrogens with one attached hydrogen (secondary N) is 2. The van der Waals surface area contributed by atoms with Crippen LogP contribution in [0.25, 0.3) is 0 Å². The highest BCUT2D eigenvalue weighted by molar-refractivity contribution is 5.74. The van der Waals surface area contributed by atoms with Crippen LogP contribution in [0.5, 0.6) is 11.5 Å². The van der Waals surface area contributed by atoms with Gasteiger partial charge in [0.2, 0.25) is 0 Å². The number of likely N-dealkylation sites (N-methyl/N-ethyl adjacent to an activating group) is 1.